The van der Waals surface area contributed by atoms with Gasteiger partial charge in [0.05, 0.1) is 6.54 Å². The van der Waals surface area contributed by atoms with Crippen LogP contribution < -0.4 is 5.56 Å². The zero-order chi connectivity index (χ0) is 18.0. The molecule has 0 saturated carbocycles. The molecule has 2 aromatic carbocycles. The van der Waals surface area contributed by atoms with Crippen LogP contribution in [0.2, 0.25) is 0 Å². The normalized spacial score (nSPS) is 10.8. The third kappa shape index (κ3) is 3.79. The molecule has 4 nitrogen and oxygen atoms in total. The predicted molar refractivity (Wildman–Crippen MR) is 100 cm³/mol. The Bertz CT molecular complexity index is 974. The highest BCUT2D eigenvalue weighted by Gasteiger charge is 2.14. The Morgan fingerprint density at radius 3 is 2.44 bits per heavy atom. The summed E-state index contributed by atoms with van der Waals surface area (Å²) in [5, 5.41) is 1.02. The number of hydrogen-bond donors (Lipinski definition) is 1. The zero-order valence-corrected chi connectivity index (χ0v) is 14.8. The highest BCUT2D eigenvalue weighted by molar-refractivity contribution is 5.83. The number of pyridine rings is 1. The Morgan fingerprint density at radius 1 is 1.04 bits per heavy atom. The minimum Gasteiger partial charge on any atom is -0.334 e. The van der Waals surface area contributed by atoms with E-state index in [1.807, 2.05) is 56.3 Å². The first-order valence-corrected chi connectivity index (χ1v) is 8.36. The molecule has 0 aliphatic heterocycles. The number of amides is 1. The number of carbonyl (C=O) groups is 1. The van der Waals surface area contributed by atoms with Crippen LogP contribution in [-0.2, 0) is 17.9 Å². The molecule has 0 bridgehead atoms. The van der Waals surface area contributed by atoms with Crippen molar-refractivity contribution < 1.29 is 4.79 Å². The van der Waals surface area contributed by atoms with Crippen LogP contribution in [0.1, 0.15) is 29.2 Å². The Balaban J connectivity index is 1.96. The summed E-state index contributed by atoms with van der Waals surface area (Å²) < 4.78 is 0. The number of aromatic amines is 1. The first-order chi connectivity index (χ1) is 11.9. The Labute approximate surface area is 147 Å². The van der Waals surface area contributed by atoms with Gasteiger partial charge in [-0.15, -0.1) is 0 Å². The van der Waals surface area contributed by atoms with E-state index in [1.54, 1.807) is 4.90 Å². The molecule has 128 valence electrons. The molecular formula is C21H22N2O2. The van der Waals surface area contributed by atoms with E-state index >= 15 is 0 Å². The molecule has 0 radical (unpaired) electrons. The van der Waals surface area contributed by atoms with E-state index in [4.69, 9.17) is 0 Å². The standard InChI is InChI=1S/C21H22N2O2/c1-14-9-15(2)19-11-18(21(25)22-20(19)10-14)13-23(16(3)24)12-17-7-5-4-6-8-17/h4-11H,12-13H2,1-3H3,(H,22,25). The van der Waals surface area contributed by atoms with Gasteiger partial charge in [0.25, 0.3) is 5.56 Å². The lowest BCUT2D eigenvalue weighted by Gasteiger charge is -2.21. The minimum absolute atomic E-state index is 0.0519. The van der Waals surface area contributed by atoms with Crippen molar-refractivity contribution in [1.29, 1.82) is 0 Å². The van der Waals surface area contributed by atoms with E-state index < -0.39 is 0 Å². The molecule has 4 heteroatoms. The Hall–Kier alpha value is -2.88. The number of nitrogens with zero attached hydrogens (tertiary/aromatic N) is 1. The van der Waals surface area contributed by atoms with Gasteiger partial charge < -0.3 is 9.88 Å². The van der Waals surface area contributed by atoms with Crippen molar-refractivity contribution in [2.45, 2.75) is 33.9 Å². The van der Waals surface area contributed by atoms with E-state index in [9.17, 15) is 9.59 Å². The number of aryl methyl sites for hydroxylation is 2. The molecule has 25 heavy (non-hydrogen) atoms. The van der Waals surface area contributed by atoms with Gasteiger partial charge in [0.15, 0.2) is 0 Å². The van der Waals surface area contributed by atoms with Gasteiger partial charge in [-0.05, 0) is 42.7 Å². The van der Waals surface area contributed by atoms with Crippen molar-refractivity contribution in [3.63, 3.8) is 0 Å². The molecule has 0 aliphatic carbocycles. The van der Waals surface area contributed by atoms with Gasteiger partial charge in [-0.2, -0.15) is 0 Å². The summed E-state index contributed by atoms with van der Waals surface area (Å²) in [6.07, 6.45) is 0. The summed E-state index contributed by atoms with van der Waals surface area (Å²) in [5.41, 5.74) is 4.57. The fourth-order valence-corrected chi connectivity index (χ4v) is 3.12. The summed E-state index contributed by atoms with van der Waals surface area (Å²) in [5.74, 6) is -0.0519. The molecule has 1 heterocycles. The molecule has 3 aromatic rings. The number of hydrogen-bond acceptors (Lipinski definition) is 2. The van der Waals surface area contributed by atoms with E-state index in [1.165, 1.54) is 6.92 Å². The molecule has 1 aromatic heterocycles. The number of aromatic nitrogens is 1. The summed E-state index contributed by atoms with van der Waals surface area (Å²) in [7, 11) is 0. The summed E-state index contributed by atoms with van der Waals surface area (Å²) in [6, 6.07) is 15.8. The second-order valence-electron chi connectivity index (χ2n) is 6.53. The van der Waals surface area contributed by atoms with Gasteiger partial charge in [0.1, 0.15) is 0 Å². The topological polar surface area (TPSA) is 53.2 Å². The molecular weight excluding hydrogens is 312 g/mol. The van der Waals surface area contributed by atoms with Crippen LogP contribution in [0.3, 0.4) is 0 Å². The van der Waals surface area contributed by atoms with Gasteiger partial charge >= 0.3 is 0 Å². The molecule has 0 spiro atoms. The highest BCUT2D eigenvalue weighted by atomic mass is 16.2. The number of H-pyrrole nitrogens is 1. The lowest BCUT2D eigenvalue weighted by molar-refractivity contribution is -0.130. The fraction of sp³-hybridized carbons (Fsp3) is 0.238. The molecule has 0 aliphatic rings. The Kier molecular flexibility index (Phi) is 4.70. The maximum Gasteiger partial charge on any atom is 0.253 e. The van der Waals surface area contributed by atoms with Gasteiger partial charge in [-0.3, -0.25) is 9.59 Å². The van der Waals surface area contributed by atoms with Crippen LogP contribution in [0.5, 0.6) is 0 Å². The van der Waals surface area contributed by atoms with Crippen LogP contribution in [0.4, 0.5) is 0 Å². The zero-order valence-electron chi connectivity index (χ0n) is 14.8. The monoisotopic (exact) mass is 334 g/mol. The van der Waals surface area contributed by atoms with Crippen molar-refractivity contribution in [1.82, 2.24) is 9.88 Å². The van der Waals surface area contributed by atoms with Crippen LogP contribution in [0.25, 0.3) is 10.9 Å². The average molecular weight is 334 g/mol. The predicted octanol–water partition coefficient (Wildman–Crippen LogP) is 3.69. The van der Waals surface area contributed by atoms with E-state index in [0.29, 0.717) is 18.7 Å². The number of carbonyl (C=O) groups excluding carboxylic acids is 1. The van der Waals surface area contributed by atoms with Gasteiger partial charge in [-0.1, -0.05) is 36.4 Å². The second kappa shape index (κ2) is 6.93. The van der Waals surface area contributed by atoms with Crippen molar-refractivity contribution in [2.24, 2.45) is 0 Å². The van der Waals surface area contributed by atoms with Crippen molar-refractivity contribution >= 4 is 16.8 Å². The van der Waals surface area contributed by atoms with Gasteiger partial charge in [-0.25, -0.2) is 0 Å². The fourth-order valence-electron chi connectivity index (χ4n) is 3.12. The maximum absolute atomic E-state index is 12.5. The minimum atomic E-state index is -0.142. The molecule has 0 unspecified atom stereocenters. The van der Waals surface area contributed by atoms with Crippen molar-refractivity contribution in [3.05, 3.63) is 81.1 Å². The van der Waals surface area contributed by atoms with Crippen LogP contribution in [-0.4, -0.2) is 15.8 Å². The van der Waals surface area contributed by atoms with Gasteiger partial charge in [0, 0.05) is 29.9 Å². The summed E-state index contributed by atoms with van der Waals surface area (Å²) in [4.78, 5) is 29.2. The number of fused-ring (bicyclic) bond motifs is 1. The van der Waals surface area contributed by atoms with E-state index in [-0.39, 0.29) is 11.5 Å². The van der Waals surface area contributed by atoms with Gasteiger partial charge in [0.2, 0.25) is 5.91 Å². The molecule has 0 fully saturated rings. The van der Waals surface area contributed by atoms with E-state index in [0.717, 1.165) is 27.6 Å². The largest absolute Gasteiger partial charge is 0.334 e. The average Bonchev–Trinajstić information content (AvgIpc) is 2.56. The highest BCUT2D eigenvalue weighted by Crippen LogP contribution is 2.19. The lowest BCUT2D eigenvalue weighted by Crippen LogP contribution is -2.30. The first-order valence-electron chi connectivity index (χ1n) is 8.36. The smallest absolute Gasteiger partial charge is 0.253 e. The molecule has 0 saturated heterocycles. The SMILES string of the molecule is CC(=O)N(Cc1ccccc1)Cc1cc2c(C)cc(C)cc2[nH]c1=O. The third-order valence-corrected chi connectivity index (χ3v) is 4.41. The second-order valence-corrected chi connectivity index (χ2v) is 6.53. The van der Waals surface area contributed by atoms with Crippen LogP contribution in [0.15, 0.2) is 53.3 Å². The number of benzene rings is 2. The molecule has 3 rings (SSSR count). The number of rotatable bonds is 4. The molecule has 1 N–H and O–H groups in total. The molecule has 0 atom stereocenters. The van der Waals surface area contributed by atoms with E-state index in [2.05, 4.69) is 11.1 Å². The molecule has 1 amide bonds. The van der Waals surface area contributed by atoms with Crippen molar-refractivity contribution in [2.75, 3.05) is 0 Å². The third-order valence-electron chi connectivity index (χ3n) is 4.41. The maximum atomic E-state index is 12.5. The quantitative estimate of drug-likeness (QED) is 0.791. The summed E-state index contributed by atoms with van der Waals surface area (Å²) >= 11 is 0. The number of nitrogens with one attached hydrogen (secondary N) is 1. The van der Waals surface area contributed by atoms with Crippen LogP contribution in [0, 0.1) is 13.8 Å². The van der Waals surface area contributed by atoms with Crippen molar-refractivity contribution in [3.8, 4) is 0 Å². The van der Waals surface area contributed by atoms with Crippen LogP contribution >= 0.6 is 0 Å². The summed E-state index contributed by atoms with van der Waals surface area (Å²) in [6.45, 7) is 6.36. The Morgan fingerprint density at radius 2 is 1.76 bits per heavy atom. The first kappa shape index (κ1) is 17.0. The lowest BCUT2D eigenvalue weighted by atomic mass is 10.0.